The number of aromatic nitrogens is 2. The second kappa shape index (κ2) is 8.89. The van der Waals surface area contributed by atoms with E-state index in [-0.39, 0.29) is 11.6 Å². The van der Waals surface area contributed by atoms with E-state index in [1.54, 1.807) is 40.5 Å². The van der Waals surface area contributed by atoms with Crippen LogP contribution in [0.3, 0.4) is 0 Å². The Bertz CT molecular complexity index is 1270. The number of nitrogens with one attached hydrogen (secondary N) is 1. The van der Waals surface area contributed by atoms with Crippen molar-refractivity contribution in [3.8, 4) is 0 Å². The van der Waals surface area contributed by atoms with E-state index >= 15 is 0 Å². The van der Waals surface area contributed by atoms with Crippen molar-refractivity contribution >= 4 is 28.3 Å². The smallest absolute Gasteiger partial charge is 0.329 e. The molecular formula is C24H24N4O3. The van der Waals surface area contributed by atoms with Crippen molar-refractivity contribution in [2.45, 2.75) is 13.1 Å². The maximum atomic E-state index is 13.0. The maximum absolute atomic E-state index is 13.0. The number of fused-ring (bicyclic) bond motifs is 1. The van der Waals surface area contributed by atoms with Gasteiger partial charge in [-0.25, -0.2) is 4.79 Å². The Morgan fingerprint density at radius 1 is 0.935 bits per heavy atom. The zero-order chi connectivity index (χ0) is 21.8. The molecule has 4 aromatic rings. The normalized spacial score (nSPS) is 11.0. The van der Waals surface area contributed by atoms with Crippen molar-refractivity contribution in [2.24, 2.45) is 0 Å². The number of methoxy groups -OCH3 is 1. The van der Waals surface area contributed by atoms with Crippen LogP contribution in [0.15, 0.2) is 77.6 Å². The highest BCUT2D eigenvalue weighted by atomic mass is 16.5. The van der Waals surface area contributed by atoms with Gasteiger partial charge in [0.25, 0.3) is 5.91 Å². The fourth-order valence-corrected chi connectivity index (χ4v) is 3.57. The molecule has 1 aromatic heterocycles. The molecule has 3 N–H and O–H groups in total. The van der Waals surface area contributed by atoms with Crippen molar-refractivity contribution in [3.05, 3.63) is 94.4 Å². The summed E-state index contributed by atoms with van der Waals surface area (Å²) in [6, 6.07) is 22.0. The summed E-state index contributed by atoms with van der Waals surface area (Å²) in [5.41, 5.74) is 10.1. The number of nitrogens with zero attached hydrogens (tertiary/aromatic N) is 2. The quantitative estimate of drug-likeness (QED) is 0.452. The second-order valence-electron chi connectivity index (χ2n) is 7.24. The van der Waals surface area contributed by atoms with Gasteiger partial charge in [0.15, 0.2) is 0 Å². The number of rotatable bonds is 7. The minimum absolute atomic E-state index is 0.0837. The number of amides is 1. The van der Waals surface area contributed by atoms with Crippen LogP contribution >= 0.6 is 0 Å². The summed E-state index contributed by atoms with van der Waals surface area (Å²) in [4.78, 5) is 25.5. The number of carbonyl (C=O) groups excluding carboxylic acids is 1. The highest BCUT2D eigenvalue weighted by molar-refractivity contribution is 6.05. The Morgan fingerprint density at radius 3 is 2.26 bits per heavy atom. The SMILES string of the molecule is COCCn1c(=O)n(Cc2ccc(C(=O)Nc3ccccc3N)cc2)c2ccccc21. The van der Waals surface area contributed by atoms with Crippen molar-refractivity contribution in [1.29, 1.82) is 0 Å². The lowest BCUT2D eigenvalue weighted by molar-refractivity contribution is 0.102. The van der Waals surface area contributed by atoms with Crippen molar-refractivity contribution in [2.75, 3.05) is 24.8 Å². The van der Waals surface area contributed by atoms with Crippen LogP contribution in [0.25, 0.3) is 11.0 Å². The molecule has 0 aliphatic rings. The Hall–Kier alpha value is -3.84. The Balaban J connectivity index is 1.56. The first-order valence-corrected chi connectivity index (χ1v) is 10.0. The van der Waals surface area contributed by atoms with Crippen LogP contribution in [0, 0.1) is 0 Å². The van der Waals surface area contributed by atoms with Gasteiger partial charge in [0.05, 0.1) is 42.1 Å². The van der Waals surface area contributed by atoms with Gasteiger partial charge in [-0.05, 0) is 42.0 Å². The molecule has 1 heterocycles. The molecule has 0 aliphatic carbocycles. The molecule has 7 nitrogen and oxygen atoms in total. The Kier molecular flexibility index (Phi) is 5.86. The number of para-hydroxylation sites is 4. The van der Waals surface area contributed by atoms with E-state index in [9.17, 15) is 9.59 Å². The first-order chi connectivity index (χ1) is 15.1. The third kappa shape index (κ3) is 4.22. The molecule has 0 radical (unpaired) electrons. The van der Waals surface area contributed by atoms with Crippen LogP contribution in [-0.4, -0.2) is 28.8 Å². The summed E-state index contributed by atoms with van der Waals surface area (Å²) in [6.45, 7) is 1.36. The van der Waals surface area contributed by atoms with Gasteiger partial charge in [0, 0.05) is 12.7 Å². The van der Waals surface area contributed by atoms with E-state index in [0.717, 1.165) is 16.6 Å². The van der Waals surface area contributed by atoms with Crippen molar-refractivity contribution < 1.29 is 9.53 Å². The lowest BCUT2D eigenvalue weighted by Gasteiger charge is -2.09. The van der Waals surface area contributed by atoms with E-state index in [0.29, 0.717) is 36.6 Å². The number of carbonyl (C=O) groups is 1. The number of imidazole rings is 1. The number of ether oxygens (including phenoxy) is 1. The van der Waals surface area contributed by atoms with Crippen LogP contribution in [0.1, 0.15) is 15.9 Å². The standard InChI is InChI=1S/C24H24N4O3/c1-31-15-14-27-21-8-4-5-9-22(21)28(24(27)30)16-17-10-12-18(13-11-17)23(29)26-20-7-3-2-6-19(20)25/h2-13H,14-16,25H2,1H3,(H,26,29). The first kappa shape index (κ1) is 20.4. The average molecular weight is 416 g/mol. The minimum Gasteiger partial charge on any atom is -0.397 e. The van der Waals surface area contributed by atoms with E-state index < -0.39 is 0 Å². The highest BCUT2D eigenvalue weighted by Crippen LogP contribution is 2.19. The van der Waals surface area contributed by atoms with Gasteiger partial charge in [-0.2, -0.15) is 0 Å². The topological polar surface area (TPSA) is 91.3 Å². The second-order valence-corrected chi connectivity index (χ2v) is 7.24. The Labute approximate surface area is 179 Å². The number of anilines is 2. The molecule has 158 valence electrons. The number of hydrogen-bond acceptors (Lipinski definition) is 4. The zero-order valence-corrected chi connectivity index (χ0v) is 17.2. The van der Waals surface area contributed by atoms with Gasteiger partial charge in [0.2, 0.25) is 0 Å². The Morgan fingerprint density at radius 2 is 1.58 bits per heavy atom. The summed E-state index contributed by atoms with van der Waals surface area (Å²) in [7, 11) is 1.62. The van der Waals surface area contributed by atoms with Crippen LogP contribution in [0.2, 0.25) is 0 Å². The fourth-order valence-electron chi connectivity index (χ4n) is 3.57. The fraction of sp³-hybridized carbons (Fsp3) is 0.167. The number of nitrogens with two attached hydrogens (primary N) is 1. The molecule has 0 saturated carbocycles. The van der Waals surface area contributed by atoms with Crippen molar-refractivity contribution in [1.82, 2.24) is 9.13 Å². The van der Waals surface area contributed by atoms with Crippen LogP contribution in [0.4, 0.5) is 11.4 Å². The predicted molar refractivity (Wildman–Crippen MR) is 122 cm³/mol. The molecule has 0 atom stereocenters. The molecule has 1 amide bonds. The van der Waals surface area contributed by atoms with Crippen LogP contribution in [0.5, 0.6) is 0 Å². The third-order valence-electron chi connectivity index (χ3n) is 5.21. The molecule has 7 heteroatoms. The summed E-state index contributed by atoms with van der Waals surface area (Å²) in [6.07, 6.45) is 0. The van der Waals surface area contributed by atoms with E-state index in [1.807, 2.05) is 48.5 Å². The number of benzene rings is 3. The molecule has 4 rings (SSSR count). The average Bonchev–Trinajstić information content (AvgIpc) is 3.05. The van der Waals surface area contributed by atoms with Gasteiger partial charge < -0.3 is 15.8 Å². The summed E-state index contributed by atoms with van der Waals surface area (Å²) in [5.74, 6) is -0.238. The predicted octanol–water partition coefficient (Wildman–Crippen LogP) is 3.33. The van der Waals surface area contributed by atoms with E-state index in [1.165, 1.54) is 0 Å². The van der Waals surface area contributed by atoms with E-state index in [4.69, 9.17) is 10.5 Å². The molecule has 0 saturated heterocycles. The lowest BCUT2D eigenvalue weighted by Crippen LogP contribution is -2.26. The summed E-state index contributed by atoms with van der Waals surface area (Å²) >= 11 is 0. The summed E-state index contributed by atoms with van der Waals surface area (Å²) in [5, 5.41) is 2.82. The molecule has 0 aliphatic heterocycles. The first-order valence-electron chi connectivity index (χ1n) is 10.0. The summed E-state index contributed by atoms with van der Waals surface area (Å²) < 4.78 is 8.62. The zero-order valence-electron chi connectivity index (χ0n) is 17.2. The van der Waals surface area contributed by atoms with Gasteiger partial charge in [0.1, 0.15) is 0 Å². The van der Waals surface area contributed by atoms with Crippen molar-refractivity contribution in [3.63, 3.8) is 0 Å². The van der Waals surface area contributed by atoms with E-state index in [2.05, 4.69) is 5.32 Å². The molecular weight excluding hydrogens is 392 g/mol. The molecule has 3 aromatic carbocycles. The number of hydrogen-bond donors (Lipinski definition) is 2. The van der Waals surface area contributed by atoms with Gasteiger partial charge in [-0.1, -0.05) is 36.4 Å². The molecule has 0 bridgehead atoms. The molecule has 0 unspecified atom stereocenters. The number of nitrogen functional groups attached to an aromatic ring is 1. The third-order valence-corrected chi connectivity index (χ3v) is 5.21. The molecule has 0 spiro atoms. The molecule has 0 fully saturated rings. The van der Waals surface area contributed by atoms with Crippen LogP contribution in [-0.2, 0) is 17.8 Å². The van der Waals surface area contributed by atoms with Gasteiger partial charge in [-0.15, -0.1) is 0 Å². The maximum Gasteiger partial charge on any atom is 0.329 e. The van der Waals surface area contributed by atoms with Gasteiger partial charge in [-0.3, -0.25) is 13.9 Å². The highest BCUT2D eigenvalue weighted by Gasteiger charge is 2.13. The largest absolute Gasteiger partial charge is 0.397 e. The monoisotopic (exact) mass is 416 g/mol. The molecule has 31 heavy (non-hydrogen) atoms. The van der Waals surface area contributed by atoms with Crippen LogP contribution < -0.4 is 16.7 Å². The lowest BCUT2D eigenvalue weighted by atomic mass is 10.1. The van der Waals surface area contributed by atoms with Gasteiger partial charge >= 0.3 is 5.69 Å². The minimum atomic E-state index is -0.238.